The lowest BCUT2D eigenvalue weighted by molar-refractivity contribution is 0.751. The van der Waals surface area contributed by atoms with Crippen molar-refractivity contribution in [1.29, 1.82) is 0 Å². The first-order chi connectivity index (χ1) is 5.02. The summed E-state index contributed by atoms with van der Waals surface area (Å²) in [6.07, 6.45) is 8.98. The lowest BCUT2D eigenvalue weighted by Gasteiger charge is -2.28. The SMILES string of the molecule is CC(C1C=CC=C1)[Si](C)(C)C. The van der Waals surface area contributed by atoms with Crippen LogP contribution in [0.2, 0.25) is 25.2 Å². The van der Waals surface area contributed by atoms with Gasteiger partial charge >= 0.3 is 0 Å². The minimum absolute atomic E-state index is 0.724. The monoisotopic (exact) mass is 166 g/mol. The van der Waals surface area contributed by atoms with Gasteiger partial charge in [0.25, 0.3) is 0 Å². The summed E-state index contributed by atoms with van der Waals surface area (Å²) < 4.78 is 0. The third-order valence-electron chi connectivity index (χ3n) is 2.72. The van der Waals surface area contributed by atoms with Crippen LogP contribution in [0.3, 0.4) is 0 Å². The van der Waals surface area contributed by atoms with Gasteiger partial charge in [0.2, 0.25) is 0 Å². The quantitative estimate of drug-likeness (QED) is 0.551. The summed E-state index contributed by atoms with van der Waals surface area (Å²) in [4.78, 5) is 0. The van der Waals surface area contributed by atoms with Gasteiger partial charge in [0.1, 0.15) is 0 Å². The molecule has 0 aromatic carbocycles. The van der Waals surface area contributed by atoms with Gasteiger partial charge in [0, 0.05) is 8.07 Å². The average molecular weight is 166 g/mol. The van der Waals surface area contributed by atoms with E-state index in [1.165, 1.54) is 0 Å². The van der Waals surface area contributed by atoms with Gasteiger partial charge in [-0.05, 0) is 11.5 Å². The van der Waals surface area contributed by atoms with Gasteiger partial charge < -0.3 is 0 Å². The normalized spacial score (nSPS) is 21.1. The summed E-state index contributed by atoms with van der Waals surface area (Å²) in [6, 6.07) is 0. The highest BCUT2D eigenvalue weighted by molar-refractivity contribution is 6.77. The lowest BCUT2D eigenvalue weighted by Crippen LogP contribution is -2.29. The molecule has 1 aliphatic rings. The standard InChI is InChI=1S/C10H18Si/c1-9(11(2,3)4)10-7-5-6-8-10/h5-10H,1-4H3. The summed E-state index contributed by atoms with van der Waals surface area (Å²) in [5.74, 6) is 0.724. The van der Waals surface area contributed by atoms with Crippen LogP contribution in [0.5, 0.6) is 0 Å². The molecular weight excluding hydrogens is 148 g/mol. The van der Waals surface area contributed by atoms with Gasteiger partial charge in [-0.3, -0.25) is 0 Å². The second-order valence-corrected chi connectivity index (χ2v) is 10.1. The average Bonchev–Trinajstić information content (AvgIpc) is 2.34. The van der Waals surface area contributed by atoms with Gasteiger partial charge in [0.15, 0.2) is 0 Å². The van der Waals surface area contributed by atoms with Crippen LogP contribution in [0, 0.1) is 5.92 Å². The maximum absolute atomic E-state index is 2.44. The molecule has 0 bridgehead atoms. The zero-order valence-corrected chi connectivity index (χ0v) is 8.96. The molecule has 1 aliphatic carbocycles. The predicted octanol–water partition coefficient (Wildman–Crippen LogP) is 3.46. The van der Waals surface area contributed by atoms with Gasteiger partial charge in [-0.15, -0.1) is 0 Å². The van der Waals surface area contributed by atoms with Crippen molar-refractivity contribution in [2.75, 3.05) is 0 Å². The van der Waals surface area contributed by atoms with Crippen molar-refractivity contribution in [2.45, 2.75) is 32.1 Å². The van der Waals surface area contributed by atoms with E-state index in [4.69, 9.17) is 0 Å². The minimum atomic E-state index is -0.928. The minimum Gasteiger partial charge on any atom is -0.0776 e. The Bertz CT molecular complexity index is 172. The molecule has 0 aromatic heterocycles. The van der Waals surface area contributed by atoms with E-state index in [0.29, 0.717) is 0 Å². The summed E-state index contributed by atoms with van der Waals surface area (Å²) in [5.41, 5.74) is 0.873. The Morgan fingerprint density at radius 3 is 1.91 bits per heavy atom. The Balaban J connectivity index is 2.61. The maximum atomic E-state index is 2.44. The molecule has 0 saturated heterocycles. The number of rotatable bonds is 2. The Labute approximate surface area is 71.0 Å². The topological polar surface area (TPSA) is 0 Å². The van der Waals surface area contributed by atoms with E-state index in [9.17, 15) is 0 Å². The molecule has 0 radical (unpaired) electrons. The smallest absolute Gasteiger partial charge is 0.0480 e. The van der Waals surface area contributed by atoms with Crippen LogP contribution in [0.1, 0.15) is 6.92 Å². The predicted molar refractivity (Wildman–Crippen MR) is 54.5 cm³/mol. The Kier molecular flexibility index (Phi) is 2.38. The molecule has 1 unspecified atom stereocenters. The number of hydrogen-bond acceptors (Lipinski definition) is 0. The summed E-state index contributed by atoms with van der Waals surface area (Å²) in [7, 11) is -0.928. The van der Waals surface area contributed by atoms with E-state index in [1.54, 1.807) is 0 Å². The molecule has 0 aromatic rings. The van der Waals surface area contributed by atoms with Crippen molar-refractivity contribution >= 4 is 8.07 Å². The van der Waals surface area contributed by atoms with E-state index in [-0.39, 0.29) is 0 Å². The number of hydrogen-bond donors (Lipinski definition) is 0. The van der Waals surface area contributed by atoms with E-state index >= 15 is 0 Å². The summed E-state index contributed by atoms with van der Waals surface area (Å²) >= 11 is 0. The largest absolute Gasteiger partial charge is 0.0776 e. The zero-order valence-electron chi connectivity index (χ0n) is 7.96. The molecule has 0 fully saturated rings. The van der Waals surface area contributed by atoms with Crippen molar-refractivity contribution in [1.82, 2.24) is 0 Å². The molecule has 1 atom stereocenters. The van der Waals surface area contributed by atoms with E-state index in [2.05, 4.69) is 50.9 Å². The first-order valence-electron chi connectivity index (χ1n) is 4.37. The second kappa shape index (κ2) is 2.98. The van der Waals surface area contributed by atoms with Crippen LogP contribution in [0.4, 0.5) is 0 Å². The highest BCUT2D eigenvalue weighted by atomic mass is 28.3. The molecule has 0 nitrogen and oxygen atoms in total. The molecule has 0 spiro atoms. The van der Waals surface area contributed by atoms with Crippen LogP contribution in [0.25, 0.3) is 0 Å². The van der Waals surface area contributed by atoms with Crippen molar-refractivity contribution in [2.24, 2.45) is 5.92 Å². The second-order valence-electron chi connectivity index (χ2n) is 4.50. The fourth-order valence-electron chi connectivity index (χ4n) is 1.36. The molecule has 1 heteroatoms. The van der Waals surface area contributed by atoms with Crippen molar-refractivity contribution in [3.05, 3.63) is 24.3 Å². The summed E-state index contributed by atoms with van der Waals surface area (Å²) in [5, 5.41) is 0. The first-order valence-corrected chi connectivity index (χ1v) is 7.94. The molecule has 1 rings (SSSR count). The third-order valence-corrected chi connectivity index (χ3v) is 5.84. The van der Waals surface area contributed by atoms with E-state index in [0.717, 1.165) is 11.5 Å². The van der Waals surface area contributed by atoms with Crippen molar-refractivity contribution in [3.8, 4) is 0 Å². The van der Waals surface area contributed by atoms with E-state index in [1.807, 2.05) is 0 Å². The van der Waals surface area contributed by atoms with Crippen LogP contribution >= 0.6 is 0 Å². The Morgan fingerprint density at radius 1 is 1.09 bits per heavy atom. The fraction of sp³-hybridized carbons (Fsp3) is 0.600. The van der Waals surface area contributed by atoms with Crippen LogP contribution in [-0.2, 0) is 0 Å². The molecule has 0 saturated carbocycles. The molecule has 0 aliphatic heterocycles. The van der Waals surface area contributed by atoms with Gasteiger partial charge in [-0.1, -0.05) is 50.9 Å². The van der Waals surface area contributed by atoms with Crippen molar-refractivity contribution in [3.63, 3.8) is 0 Å². The molecular formula is C10H18Si. The van der Waals surface area contributed by atoms with Gasteiger partial charge in [0.05, 0.1) is 0 Å². The highest BCUT2D eigenvalue weighted by Gasteiger charge is 2.27. The summed E-state index contributed by atoms with van der Waals surface area (Å²) in [6.45, 7) is 9.71. The molecule has 0 amide bonds. The molecule has 11 heavy (non-hydrogen) atoms. The number of allylic oxidation sites excluding steroid dienone is 4. The highest BCUT2D eigenvalue weighted by Crippen LogP contribution is 2.32. The zero-order chi connectivity index (χ0) is 8.48. The van der Waals surface area contributed by atoms with Crippen molar-refractivity contribution < 1.29 is 0 Å². The van der Waals surface area contributed by atoms with Gasteiger partial charge in [-0.25, -0.2) is 0 Å². The van der Waals surface area contributed by atoms with Crippen LogP contribution in [0.15, 0.2) is 24.3 Å². The maximum Gasteiger partial charge on any atom is 0.0480 e. The molecule has 0 N–H and O–H groups in total. The first kappa shape index (κ1) is 8.79. The Morgan fingerprint density at radius 2 is 1.55 bits per heavy atom. The third kappa shape index (κ3) is 2.06. The van der Waals surface area contributed by atoms with Gasteiger partial charge in [-0.2, -0.15) is 0 Å². The van der Waals surface area contributed by atoms with Crippen LogP contribution in [-0.4, -0.2) is 8.07 Å². The fourth-order valence-corrected chi connectivity index (χ4v) is 2.74. The molecule has 62 valence electrons. The van der Waals surface area contributed by atoms with Crippen LogP contribution < -0.4 is 0 Å². The Hall–Kier alpha value is -0.303. The van der Waals surface area contributed by atoms with E-state index < -0.39 is 8.07 Å². The molecule has 0 heterocycles. The lowest BCUT2D eigenvalue weighted by atomic mass is 10.1.